The molecule has 0 aromatic heterocycles. The maximum absolute atomic E-state index is 5.17. The van der Waals surface area contributed by atoms with E-state index in [0.717, 1.165) is 16.7 Å². The minimum absolute atomic E-state index is 0.654. The van der Waals surface area contributed by atoms with E-state index < -0.39 is 0 Å². The van der Waals surface area contributed by atoms with Gasteiger partial charge in [0.2, 0.25) is 0 Å². The summed E-state index contributed by atoms with van der Waals surface area (Å²) < 4.78 is 6.28. The predicted molar refractivity (Wildman–Crippen MR) is 88.1 cm³/mol. The van der Waals surface area contributed by atoms with Crippen molar-refractivity contribution in [2.75, 3.05) is 12.4 Å². The Labute approximate surface area is 129 Å². The highest BCUT2D eigenvalue weighted by molar-refractivity contribution is 9.10. The third-order valence-electron chi connectivity index (χ3n) is 3.20. The Morgan fingerprint density at radius 2 is 1.85 bits per heavy atom. The Hall–Kier alpha value is -1.32. The molecule has 0 radical (unpaired) electrons. The normalized spacial score (nSPS) is 10.6. The summed E-state index contributed by atoms with van der Waals surface area (Å²) in [4.78, 5) is 0. The van der Waals surface area contributed by atoms with Crippen molar-refractivity contribution in [1.82, 2.24) is 0 Å². The zero-order valence-corrected chi connectivity index (χ0v) is 13.8. The fourth-order valence-corrected chi connectivity index (χ4v) is 3.14. The average Bonchev–Trinajstić information content (AvgIpc) is 2.38. The third-order valence-corrected chi connectivity index (χ3v) is 3.83. The number of hydrogen-bond acceptors (Lipinski definition) is 2. The average molecular weight is 334 g/mol. The molecule has 0 amide bonds. The van der Waals surface area contributed by atoms with Gasteiger partial charge in [0.15, 0.2) is 0 Å². The van der Waals surface area contributed by atoms with Crippen molar-refractivity contribution in [3.8, 4) is 0 Å². The maximum Gasteiger partial charge on any atom is 0.0713 e. The Balaban J connectivity index is 2.11. The number of benzene rings is 2. The highest BCUT2D eigenvalue weighted by atomic mass is 79.9. The second-order valence-corrected chi connectivity index (χ2v) is 5.90. The first-order chi connectivity index (χ1) is 9.60. The van der Waals surface area contributed by atoms with Crippen molar-refractivity contribution in [3.05, 3.63) is 63.1 Å². The van der Waals surface area contributed by atoms with E-state index in [-0.39, 0.29) is 0 Å². The summed E-state index contributed by atoms with van der Waals surface area (Å²) in [5.41, 5.74) is 6.14. The quantitative estimate of drug-likeness (QED) is 0.846. The minimum atomic E-state index is 0.654. The van der Waals surface area contributed by atoms with E-state index in [1.165, 1.54) is 22.3 Å². The number of hydrogen-bond donors (Lipinski definition) is 1. The van der Waals surface area contributed by atoms with Crippen molar-refractivity contribution in [2.24, 2.45) is 0 Å². The highest BCUT2D eigenvalue weighted by Gasteiger charge is 2.05. The number of ether oxygens (including phenoxy) is 1. The van der Waals surface area contributed by atoms with E-state index in [4.69, 9.17) is 4.74 Å². The number of halogens is 1. The molecular formula is C17H20BrNO. The second-order valence-electron chi connectivity index (χ2n) is 5.05. The lowest BCUT2D eigenvalue weighted by atomic mass is 10.1. The van der Waals surface area contributed by atoms with Crippen LogP contribution < -0.4 is 5.32 Å². The van der Waals surface area contributed by atoms with Gasteiger partial charge >= 0.3 is 0 Å². The standard InChI is InChI=1S/C17H20BrNO/c1-12-7-13(2)17(16(18)8-12)19-10-14-5-4-6-15(9-14)11-20-3/h4-9,19H,10-11H2,1-3H3. The van der Waals surface area contributed by atoms with E-state index in [9.17, 15) is 0 Å². The van der Waals surface area contributed by atoms with Gasteiger partial charge in [0, 0.05) is 18.1 Å². The van der Waals surface area contributed by atoms with Crippen molar-refractivity contribution < 1.29 is 4.74 Å². The molecule has 2 aromatic carbocycles. The molecule has 0 spiro atoms. The first-order valence-electron chi connectivity index (χ1n) is 6.67. The van der Waals surface area contributed by atoms with Gasteiger partial charge in [-0.3, -0.25) is 0 Å². The molecule has 20 heavy (non-hydrogen) atoms. The zero-order chi connectivity index (χ0) is 14.5. The monoisotopic (exact) mass is 333 g/mol. The topological polar surface area (TPSA) is 21.3 Å². The molecule has 2 nitrogen and oxygen atoms in total. The minimum Gasteiger partial charge on any atom is -0.380 e. The Bertz CT molecular complexity index is 572. The van der Waals surface area contributed by atoms with Crippen molar-refractivity contribution >= 4 is 21.6 Å². The summed E-state index contributed by atoms with van der Waals surface area (Å²) >= 11 is 3.63. The van der Waals surface area contributed by atoms with E-state index in [1.807, 2.05) is 0 Å². The van der Waals surface area contributed by atoms with Crippen LogP contribution in [0, 0.1) is 13.8 Å². The Kier molecular flexibility index (Phi) is 5.21. The lowest BCUT2D eigenvalue weighted by Crippen LogP contribution is -2.03. The number of aryl methyl sites for hydroxylation is 2. The number of nitrogens with one attached hydrogen (secondary N) is 1. The van der Waals surface area contributed by atoms with Gasteiger partial charge in [0.25, 0.3) is 0 Å². The molecule has 0 heterocycles. The van der Waals surface area contributed by atoms with Gasteiger partial charge in [-0.25, -0.2) is 0 Å². The van der Waals surface area contributed by atoms with Gasteiger partial charge in [-0.05, 0) is 58.1 Å². The van der Waals surface area contributed by atoms with E-state index >= 15 is 0 Å². The summed E-state index contributed by atoms with van der Waals surface area (Å²) in [6.07, 6.45) is 0. The molecule has 0 aliphatic heterocycles. The summed E-state index contributed by atoms with van der Waals surface area (Å²) in [6, 6.07) is 12.8. The Morgan fingerprint density at radius 3 is 2.55 bits per heavy atom. The van der Waals surface area contributed by atoms with Gasteiger partial charge in [-0.2, -0.15) is 0 Å². The van der Waals surface area contributed by atoms with Gasteiger partial charge in [-0.15, -0.1) is 0 Å². The molecule has 0 aliphatic rings. The molecular weight excluding hydrogens is 314 g/mol. The molecule has 0 unspecified atom stereocenters. The summed E-state index contributed by atoms with van der Waals surface area (Å²) in [7, 11) is 1.72. The largest absolute Gasteiger partial charge is 0.380 e. The molecule has 3 heteroatoms. The first kappa shape index (κ1) is 15.1. The van der Waals surface area contributed by atoms with Crippen LogP contribution in [0.5, 0.6) is 0 Å². The van der Waals surface area contributed by atoms with Crippen molar-refractivity contribution in [1.29, 1.82) is 0 Å². The first-order valence-corrected chi connectivity index (χ1v) is 7.47. The number of rotatable bonds is 5. The maximum atomic E-state index is 5.17. The number of anilines is 1. The van der Waals surface area contributed by atoms with Gasteiger partial charge in [0.1, 0.15) is 0 Å². The van der Waals surface area contributed by atoms with Crippen molar-refractivity contribution in [3.63, 3.8) is 0 Å². The van der Waals surface area contributed by atoms with E-state index in [1.54, 1.807) is 7.11 Å². The van der Waals surface area contributed by atoms with Crippen LogP contribution in [0.3, 0.4) is 0 Å². The SMILES string of the molecule is COCc1cccc(CNc2c(C)cc(C)cc2Br)c1. The van der Waals surface area contributed by atoms with Gasteiger partial charge in [-0.1, -0.05) is 30.3 Å². The van der Waals surface area contributed by atoms with Crippen LogP contribution in [0.4, 0.5) is 5.69 Å². The summed E-state index contributed by atoms with van der Waals surface area (Å²) in [5, 5.41) is 3.51. The van der Waals surface area contributed by atoms with E-state index in [2.05, 4.69) is 71.5 Å². The van der Waals surface area contributed by atoms with Crippen LogP contribution in [0.1, 0.15) is 22.3 Å². The van der Waals surface area contributed by atoms with Crippen LogP contribution in [0.25, 0.3) is 0 Å². The van der Waals surface area contributed by atoms with Crippen LogP contribution in [-0.2, 0) is 17.9 Å². The molecule has 0 bridgehead atoms. The zero-order valence-electron chi connectivity index (χ0n) is 12.2. The summed E-state index contributed by atoms with van der Waals surface area (Å²) in [5.74, 6) is 0. The van der Waals surface area contributed by atoms with Crippen molar-refractivity contribution in [2.45, 2.75) is 27.0 Å². The molecule has 0 saturated carbocycles. The molecule has 0 saturated heterocycles. The predicted octanol–water partition coefficient (Wildman–Crippen LogP) is 4.82. The second kappa shape index (κ2) is 6.91. The van der Waals surface area contributed by atoms with Gasteiger partial charge < -0.3 is 10.1 Å². The third kappa shape index (κ3) is 3.84. The van der Waals surface area contributed by atoms with E-state index in [0.29, 0.717) is 6.61 Å². The lowest BCUT2D eigenvalue weighted by Gasteiger charge is -2.13. The fourth-order valence-electron chi connectivity index (χ4n) is 2.33. The molecule has 0 aliphatic carbocycles. The lowest BCUT2D eigenvalue weighted by molar-refractivity contribution is 0.185. The molecule has 2 rings (SSSR count). The molecule has 2 aromatic rings. The summed E-state index contributed by atoms with van der Waals surface area (Å²) in [6.45, 7) is 5.69. The number of methoxy groups -OCH3 is 1. The highest BCUT2D eigenvalue weighted by Crippen LogP contribution is 2.28. The Morgan fingerprint density at radius 1 is 1.10 bits per heavy atom. The molecule has 0 fully saturated rings. The molecule has 0 atom stereocenters. The molecule has 106 valence electrons. The van der Waals surface area contributed by atoms with Crippen LogP contribution >= 0.6 is 15.9 Å². The van der Waals surface area contributed by atoms with Gasteiger partial charge in [0.05, 0.1) is 12.3 Å². The smallest absolute Gasteiger partial charge is 0.0713 e. The van der Waals surface area contributed by atoms with Crippen LogP contribution in [-0.4, -0.2) is 7.11 Å². The van der Waals surface area contributed by atoms with Crippen LogP contribution in [0.2, 0.25) is 0 Å². The molecule has 1 N–H and O–H groups in total. The fraction of sp³-hybridized carbons (Fsp3) is 0.294. The van der Waals surface area contributed by atoms with Crippen LogP contribution in [0.15, 0.2) is 40.9 Å².